The van der Waals surface area contributed by atoms with E-state index in [-0.39, 0.29) is 0 Å². The van der Waals surface area contributed by atoms with E-state index >= 15 is 0 Å². The number of halogens is 2. The van der Waals surface area contributed by atoms with Gasteiger partial charge in [-0.15, -0.1) is 0 Å². The molecule has 0 bridgehead atoms. The van der Waals surface area contributed by atoms with Gasteiger partial charge in [-0.05, 0) is 31.9 Å². The molecule has 1 heterocycles. The Morgan fingerprint density at radius 1 is 1.05 bits per heavy atom. The zero-order chi connectivity index (χ0) is 15.5. The van der Waals surface area contributed by atoms with Gasteiger partial charge in [0.05, 0.1) is 0 Å². The Bertz CT molecular complexity index is 669. The Morgan fingerprint density at radius 3 is 2.55 bits per heavy atom. The van der Waals surface area contributed by atoms with Crippen molar-refractivity contribution in [3.63, 3.8) is 0 Å². The topological polar surface area (TPSA) is 49.8 Å². The minimum absolute atomic E-state index is 0.367. The second-order valence-corrected chi connectivity index (χ2v) is 5.60. The SMILES string of the molecule is Cc1cc(NC2CCCC2)nc(Nc2ccc(F)c(F)c2)n1. The van der Waals surface area contributed by atoms with Gasteiger partial charge in [-0.3, -0.25) is 0 Å². The Kier molecular flexibility index (Phi) is 4.18. The zero-order valence-electron chi connectivity index (χ0n) is 12.4. The van der Waals surface area contributed by atoms with Crippen molar-refractivity contribution < 1.29 is 8.78 Å². The minimum atomic E-state index is -0.901. The summed E-state index contributed by atoms with van der Waals surface area (Å²) in [5, 5.41) is 6.31. The van der Waals surface area contributed by atoms with Crippen molar-refractivity contribution >= 4 is 17.5 Å². The molecule has 6 heteroatoms. The first-order chi connectivity index (χ1) is 10.6. The Morgan fingerprint density at radius 2 is 1.82 bits per heavy atom. The van der Waals surface area contributed by atoms with Crippen LogP contribution < -0.4 is 10.6 Å². The summed E-state index contributed by atoms with van der Waals surface area (Å²) in [4.78, 5) is 8.67. The number of aromatic nitrogens is 2. The van der Waals surface area contributed by atoms with Gasteiger partial charge in [0.25, 0.3) is 0 Å². The average Bonchev–Trinajstić information content (AvgIpc) is 2.95. The highest BCUT2D eigenvalue weighted by molar-refractivity contribution is 5.55. The summed E-state index contributed by atoms with van der Waals surface area (Å²) in [6.45, 7) is 1.87. The van der Waals surface area contributed by atoms with Gasteiger partial charge in [-0.2, -0.15) is 4.98 Å². The third-order valence-corrected chi connectivity index (χ3v) is 3.74. The van der Waals surface area contributed by atoms with E-state index in [0.29, 0.717) is 17.7 Å². The lowest BCUT2D eigenvalue weighted by Crippen LogP contribution is -2.16. The summed E-state index contributed by atoms with van der Waals surface area (Å²) in [7, 11) is 0. The van der Waals surface area contributed by atoms with E-state index in [1.165, 1.54) is 18.9 Å². The van der Waals surface area contributed by atoms with Crippen LogP contribution in [-0.2, 0) is 0 Å². The predicted octanol–water partition coefficient (Wildman–Crippen LogP) is 4.16. The number of rotatable bonds is 4. The molecule has 2 aromatic rings. The largest absolute Gasteiger partial charge is 0.367 e. The molecule has 0 unspecified atom stereocenters. The molecule has 1 aliphatic rings. The van der Waals surface area contributed by atoms with Crippen molar-refractivity contribution in [1.82, 2.24) is 9.97 Å². The molecule has 2 N–H and O–H groups in total. The molecular weight excluding hydrogens is 286 g/mol. The van der Waals surface area contributed by atoms with Crippen LogP contribution in [0.25, 0.3) is 0 Å². The lowest BCUT2D eigenvalue weighted by Gasteiger charge is -2.14. The molecule has 22 heavy (non-hydrogen) atoms. The van der Waals surface area contributed by atoms with Gasteiger partial charge >= 0.3 is 0 Å². The summed E-state index contributed by atoms with van der Waals surface area (Å²) < 4.78 is 26.2. The molecule has 1 fully saturated rings. The summed E-state index contributed by atoms with van der Waals surface area (Å²) in [6.07, 6.45) is 4.77. The van der Waals surface area contributed by atoms with Gasteiger partial charge in [-0.1, -0.05) is 12.8 Å². The van der Waals surface area contributed by atoms with Crippen molar-refractivity contribution in [2.24, 2.45) is 0 Å². The van der Waals surface area contributed by atoms with E-state index < -0.39 is 11.6 Å². The van der Waals surface area contributed by atoms with E-state index in [9.17, 15) is 8.78 Å². The van der Waals surface area contributed by atoms with Crippen LogP contribution in [0.1, 0.15) is 31.4 Å². The molecular formula is C16H18F2N4. The quantitative estimate of drug-likeness (QED) is 0.890. The summed E-state index contributed by atoms with van der Waals surface area (Å²) in [6, 6.07) is 5.95. The fourth-order valence-electron chi connectivity index (χ4n) is 2.68. The molecule has 1 aromatic carbocycles. The average molecular weight is 304 g/mol. The Balaban J connectivity index is 1.77. The van der Waals surface area contributed by atoms with E-state index in [0.717, 1.165) is 36.5 Å². The van der Waals surface area contributed by atoms with Gasteiger partial charge in [0, 0.05) is 29.6 Å². The number of anilines is 3. The second kappa shape index (κ2) is 6.25. The molecule has 1 aliphatic carbocycles. The van der Waals surface area contributed by atoms with Crippen LogP contribution >= 0.6 is 0 Å². The molecule has 0 spiro atoms. The van der Waals surface area contributed by atoms with E-state index in [4.69, 9.17) is 0 Å². The molecule has 0 amide bonds. The number of benzene rings is 1. The third kappa shape index (κ3) is 3.50. The lowest BCUT2D eigenvalue weighted by atomic mass is 10.2. The van der Waals surface area contributed by atoms with Crippen molar-refractivity contribution in [2.75, 3.05) is 10.6 Å². The molecule has 4 nitrogen and oxygen atoms in total. The van der Waals surface area contributed by atoms with E-state index in [1.807, 2.05) is 13.0 Å². The third-order valence-electron chi connectivity index (χ3n) is 3.74. The Hall–Kier alpha value is -2.24. The normalized spacial score (nSPS) is 15.0. The van der Waals surface area contributed by atoms with Crippen molar-refractivity contribution in [3.8, 4) is 0 Å². The number of nitrogens with one attached hydrogen (secondary N) is 2. The van der Waals surface area contributed by atoms with Gasteiger partial charge in [0.15, 0.2) is 11.6 Å². The molecule has 3 rings (SSSR count). The zero-order valence-corrected chi connectivity index (χ0v) is 12.4. The highest BCUT2D eigenvalue weighted by atomic mass is 19.2. The molecule has 0 atom stereocenters. The molecule has 0 radical (unpaired) electrons. The highest BCUT2D eigenvalue weighted by Gasteiger charge is 2.15. The van der Waals surface area contributed by atoms with Crippen molar-refractivity contribution in [3.05, 3.63) is 41.6 Å². The maximum atomic E-state index is 13.2. The fraction of sp³-hybridized carbons (Fsp3) is 0.375. The number of aryl methyl sites for hydroxylation is 1. The molecule has 0 aliphatic heterocycles. The first-order valence-corrected chi connectivity index (χ1v) is 7.44. The highest BCUT2D eigenvalue weighted by Crippen LogP contribution is 2.23. The molecule has 1 aromatic heterocycles. The minimum Gasteiger partial charge on any atom is -0.367 e. The number of hydrogen-bond acceptors (Lipinski definition) is 4. The van der Waals surface area contributed by atoms with Crippen molar-refractivity contribution in [2.45, 2.75) is 38.6 Å². The van der Waals surface area contributed by atoms with E-state index in [1.54, 1.807) is 0 Å². The fourth-order valence-corrected chi connectivity index (χ4v) is 2.68. The smallest absolute Gasteiger partial charge is 0.229 e. The lowest BCUT2D eigenvalue weighted by molar-refractivity contribution is 0.509. The maximum absolute atomic E-state index is 13.2. The maximum Gasteiger partial charge on any atom is 0.229 e. The first kappa shape index (κ1) is 14.7. The van der Waals surface area contributed by atoms with Crippen LogP contribution in [-0.4, -0.2) is 16.0 Å². The van der Waals surface area contributed by atoms with Crippen LogP contribution in [0.4, 0.5) is 26.2 Å². The van der Waals surface area contributed by atoms with Crippen LogP contribution in [0.15, 0.2) is 24.3 Å². The summed E-state index contributed by atoms with van der Waals surface area (Å²) >= 11 is 0. The molecule has 0 saturated heterocycles. The summed E-state index contributed by atoms with van der Waals surface area (Å²) in [5.74, 6) is -0.655. The van der Waals surface area contributed by atoms with Gasteiger partial charge < -0.3 is 10.6 Å². The predicted molar refractivity (Wildman–Crippen MR) is 82.3 cm³/mol. The number of hydrogen-bond donors (Lipinski definition) is 2. The monoisotopic (exact) mass is 304 g/mol. The molecule has 1 saturated carbocycles. The summed E-state index contributed by atoms with van der Waals surface area (Å²) in [5.41, 5.74) is 1.22. The van der Waals surface area contributed by atoms with Gasteiger partial charge in [0.1, 0.15) is 5.82 Å². The van der Waals surface area contributed by atoms with Crippen LogP contribution in [0.3, 0.4) is 0 Å². The van der Waals surface area contributed by atoms with Crippen LogP contribution in [0.2, 0.25) is 0 Å². The molecule has 116 valence electrons. The van der Waals surface area contributed by atoms with Crippen LogP contribution in [0, 0.1) is 18.6 Å². The Labute approximate surface area is 128 Å². The first-order valence-electron chi connectivity index (χ1n) is 7.44. The van der Waals surface area contributed by atoms with Gasteiger partial charge in [0.2, 0.25) is 5.95 Å². The van der Waals surface area contributed by atoms with Crippen molar-refractivity contribution in [1.29, 1.82) is 0 Å². The number of nitrogens with zero attached hydrogens (tertiary/aromatic N) is 2. The van der Waals surface area contributed by atoms with Gasteiger partial charge in [-0.25, -0.2) is 13.8 Å². The van der Waals surface area contributed by atoms with E-state index in [2.05, 4.69) is 20.6 Å². The second-order valence-electron chi connectivity index (χ2n) is 5.60. The standard InChI is InChI=1S/C16H18F2N4/c1-10-8-15(20-11-4-2-3-5-11)22-16(19-10)21-12-6-7-13(17)14(18)9-12/h6-9,11H,2-5H2,1H3,(H2,19,20,21,22). The van der Waals surface area contributed by atoms with Crippen LogP contribution in [0.5, 0.6) is 0 Å².